The summed E-state index contributed by atoms with van der Waals surface area (Å²) in [6.45, 7) is 2.43. The van der Waals surface area contributed by atoms with Crippen LogP contribution in [-0.2, 0) is 24.3 Å². The van der Waals surface area contributed by atoms with E-state index >= 15 is 0 Å². The van der Waals surface area contributed by atoms with Crippen LogP contribution in [0.4, 0.5) is 5.69 Å². The van der Waals surface area contributed by atoms with E-state index in [9.17, 15) is 23.1 Å². The maximum Gasteiger partial charge on any atom is 0.310 e. The number of piperidine rings is 1. The van der Waals surface area contributed by atoms with Crippen molar-refractivity contribution in [3.63, 3.8) is 0 Å². The Morgan fingerprint density at radius 1 is 1.07 bits per heavy atom. The predicted octanol–water partition coefficient (Wildman–Crippen LogP) is 2.07. The molecule has 0 unspecified atom stereocenters. The van der Waals surface area contributed by atoms with Crippen molar-refractivity contribution in [1.82, 2.24) is 4.31 Å². The number of fused-ring (bicyclic) bond motifs is 2. The number of hydrogen-bond acceptors (Lipinski definition) is 5. The molecule has 29 heavy (non-hydrogen) atoms. The molecule has 0 spiro atoms. The molecule has 0 radical (unpaired) electrons. The quantitative estimate of drug-likeness (QED) is 0.751. The fourth-order valence-electron chi connectivity index (χ4n) is 4.82. The number of carboxylic acid groups (broad SMARTS) is 1. The third-order valence-corrected chi connectivity index (χ3v) is 8.36. The molecule has 3 aliphatic heterocycles. The van der Waals surface area contributed by atoms with Crippen molar-refractivity contribution in [2.45, 2.75) is 62.2 Å². The van der Waals surface area contributed by atoms with E-state index in [-0.39, 0.29) is 17.0 Å². The number of carbonyl (C=O) groups excluding carboxylic acids is 1. The smallest absolute Gasteiger partial charge is 0.310 e. The molecular weight excluding hydrogens is 396 g/mol. The first-order chi connectivity index (χ1) is 13.8. The minimum atomic E-state index is -3.58. The van der Waals surface area contributed by atoms with Crippen LogP contribution in [0, 0.1) is 11.8 Å². The molecule has 4 rings (SSSR count). The number of amides is 1. The third kappa shape index (κ3) is 3.67. The van der Waals surface area contributed by atoms with Gasteiger partial charge in [-0.2, -0.15) is 4.31 Å². The van der Waals surface area contributed by atoms with E-state index in [0.717, 1.165) is 19.3 Å². The van der Waals surface area contributed by atoms with Crippen LogP contribution >= 0.6 is 0 Å². The highest BCUT2D eigenvalue weighted by Crippen LogP contribution is 2.44. The van der Waals surface area contributed by atoms with E-state index in [0.29, 0.717) is 25.1 Å². The first-order valence-electron chi connectivity index (χ1n) is 10.1. The van der Waals surface area contributed by atoms with E-state index in [1.54, 1.807) is 12.1 Å². The number of rotatable bonds is 5. The molecule has 1 amide bonds. The van der Waals surface area contributed by atoms with Gasteiger partial charge in [-0.25, -0.2) is 8.42 Å². The van der Waals surface area contributed by atoms with E-state index in [2.05, 4.69) is 5.32 Å². The maximum absolute atomic E-state index is 12.9. The largest absolute Gasteiger partial charge is 0.481 e. The Morgan fingerprint density at radius 2 is 1.72 bits per heavy atom. The topological polar surface area (TPSA) is 113 Å². The lowest BCUT2D eigenvalue weighted by Crippen LogP contribution is -2.42. The molecule has 0 aromatic heterocycles. The molecule has 2 N–H and O–H groups in total. The second-order valence-corrected chi connectivity index (χ2v) is 10.0. The van der Waals surface area contributed by atoms with E-state index in [4.69, 9.17) is 4.74 Å². The zero-order chi connectivity index (χ0) is 20.8. The summed E-state index contributed by atoms with van der Waals surface area (Å²) >= 11 is 0. The molecule has 0 aliphatic carbocycles. The summed E-state index contributed by atoms with van der Waals surface area (Å²) in [5.74, 6) is -2.99. The fourth-order valence-corrected chi connectivity index (χ4v) is 6.52. The number of anilines is 1. The van der Waals surface area contributed by atoms with E-state index in [1.165, 1.54) is 16.4 Å². The Labute approximate surface area is 170 Å². The molecule has 3 fully saturated rings. The minimum Gasteiger partial charge on any atom is -0.481 e. The lowest BCUT2D eigenvalue weighted by Gasteiger charge is -2.32. The average molecular weight is 423 g/mol. The molecule has 5 atom stereocenters. The van der Waals surface area contributed by atoms with Crippen molar-refractivity contribution in [3.05, 3.63) is 24.3 Å². The Morgan fingerprint density at radius 3 is 2.34 bits per heavy atom. The van der Waals surface area contributed by atoms with Crippen LogP contribution in [0.15, 0.2) is 29.2 Å². The van der Waals surface area contributed by atoms with Gasteiger partial charge in [0.05, 0.1) is 28.9 Å². The van der Waals surface area contributed by atoms with Crippen molar-refractivity contribution in [1.29, 1.82) is 0 Å². The van der Waals surface area contributed by atoms with Gasteiger partial charge in [-0.3, -0.25) is 9.59 Å². The first-order valence-corrected chi connectivity index (χ1v) is 11.5. The van der Waals surface area contributed by atoms with Crippen LogP contribution in [0.25, 0.3) is 0 Å². The Bertz CT molecular complexity index is 900. The van der Waals surface area contributed by atoms with Crippen LogP contribution in [-0.4, -0.2) is 54.5 Å². The van der Waals surface area contributed by atoms with Gasteiger partial charge in [-0.15, -0.1) is 0 Å². The van der Waals surface area contributed by atoms with Gasteiger partial charge in [0.25, 0.3) is 0 Å². The number of benzene rings is 1. The van der Waals surface area contributed by atoms with Crippen molar-refractivity contribution in [2.75, 3.05) is 11.9 Å². The summed E-state index contributed by atoms with van der Waals surface area (Å²) in [6, 6.07) is 6.03. The van der Waals surface area contributed by atoms with Gasteiger partial charge in [0.15, 0.2) is 0 Å². The number of carboxylic acids is 1. The molecule has 2 bridgehead atoms. The molecule has 3 aliphatic rings. The van der Waals surface area contributed by atoms with Crippen LogP contribution in [0.5, 0.6) is 0 Å². The maximum atomic E-state index is 12.9. The Kier molecular flexibility index (Phi) is 5.39. The lowest BCUT2D eigenvalue weighted by atomic mass is 9.78. The molecule has 0 saturated carbocycles. The average Bonchev–Trinajstić information content (AvgIpc) is 3.30. The summed E-state index contributed by atoms with van der Waals surface area (Å²) in [6.07, 6.45) is 3.29. The number of nitrogens with zero attached hydrogens (tertiary/aromatic N) is 1. The molecule has 1 aromatic rings. The number of carbonyl (C=O) groups is 2. The summed E-state index contributed by atoms with van der Waals surface area (Å²) in [7, 11) is -3.58. The summed E-state index contributed by atoms with van der Waals surface area (Å²) in [4.78, 5) is 24.5. The normalized spacial score (nSPS) is 32.2. The number of aliphatic carboxylic acids is 1. The highest BCUT2D eigenvalue weighted by molar-refractivity contribution is 7.89. The SMILES string of the molecule is C[C@@H]1CCCCN1S(=O)(=O)c1ccc(NC(=O)[C@@H]2[C@H](C(=O)O)[C@H]3CC[C@H]2O3)cc1. The minimum absolute atomic E-state index is 0.0288. The highest BCUT2D eigenvalue weighted by atomic mass is 32.2. The Balaban J connectivity index is 1.47. The van der Waals surface area contributed by atoms with Crippen LogP contribution in [0.2, 0.25) is 0 Å². The van der Waals surface area contributed by atoms with Crippen molar-refractivity contribution in [3.8, 4) is 0 Å². The zero-order valence-corrected chi connectivity index (χ0v) is 17.1. The monoisotopic (exact) mass is 422 g/mol. The van der Waals surface area contributed by atoms with Crippen LogP contribution < -0.4 is 5.32 Å². The summed E-state index contributed by atoms with van der Waals surface area (Å²) in [5, 5.41) is 12.2. The molecule has 9 heteroatoms. The predicted molar refractivity (Wildman–Crippen MR) is 105 cm³/mol. The summed E-state index contributed by atoms with van der Waals surface area (Å²) in [5.41, 5.74) is 0.438. The molecule has 3 saturated heterocycles. The van der Waals surface area contributed by atoms with E-state index in [1.807, 2.05) is 6.92 Å². The van der Waals surface area contributed by atoms with Gasteiger partial charge in [-0.1, -0.05) is 6.42 Å². The third-order valence-electron chi connectivity index (χ3n) is 6.33. The molecule has 8 nitrogen and oxygen atoms in total. The van der Waals surface area contributed by atoms with E-state index < -0.39 is 39.8 Å². The van der Waals surface area contributed by atoms with Crippen LogP contribution in [0.3, 0.4) is 0 Å². The first kappa shape index (κ1) is 20.3. The highest BCUT2D eigenvalue weighted by Gasteiger charge is 2.55. The molecular formula is C20H26N2O6S. The van der Waals surface area contributed by atoms with Gasteiger partial charge in [0.2, 0.25) is 15.9 Å². The van der Waals surface area contributed by atoms with Crippen molar-refractivity contribution in [2.24, 2.45) is 11.8 Å². The lowest BCUT2D eigenvalue weighted by molar-refractivity contribution is -0.147. The zero-order valence-electron chi connectivity index (χ0n) is 16.3. The molecule has 158 valence electrons. The number of nitrogens with one attached hydrogen (secondary N) is 1. The Hall–Kier alpha value is -1.97. The van der Waals surface area contributed by atoms with Gasteiger partial charge >= 0.3 is 5.97 Å². The number of hydrogen-bond donors (Lipinski definition) is 2. The number of sulfonamides is 1. The van der Waals surface area contributed by atoms with Gasteiger partial charge in [-0.05, 0) is 56.9 Å². The second kappa shape index (κ2) is 7.70. The van der Waals surface area contributed by atoms with Crippen molar-refractivity contribution < 1.29 is 27.9 Å². The van der Waals surface area contributed by atoms with Gasteiger partial charge < -0.3 is 15.2 Å². The second-order valence-electron chi connectivity index (χ2n) is 8.15. The standard InChI is InChI=1S/C20H26N2O6S/c1-12-4-2-3-11-22(12)29(26,27)14-7-5-13(6-8-14)21-19(23)17-15-9-10-16(28-15)18(17)20(24)25/h5-8,12,15-18H,2-4,9-11H2,1H3,(H,21,23)(H,24,25)/t12-,15-,16-,17+,18-/m1/s1. The molecule has 1 aromatic carbocycles. The van der Waals surface area contributed by atoms with Gasteiger partial charge in [0, 0.05) is 18.3 Å². The van der Waals surface area contributed by atoms with Crippen molar-refractivity contribution >= 4 is 27.6 Å². The fraction of sp³-hybridized carbons (Fsp3) is 0.600. The van der Waals surface area contributed by atoms with Gasteiger partial charge in [0.1, 0.15) is 0 Å². The molecule has 3 heterocycles. The summed E-state index contributed by atoms with van der Waals surface area (Å²) < 4.78 is 33.0. The number of ether oxygens (including phenoxy) is 1. The van der Waals surface area contributed by atoms with Crippen LogP contribution in [0.1, 0.15) is 39.0 Å².